The normalized spacial score (nSPS) is 31.7. The molecule has 208 valence electrons. The molecule has 0 radical (unpaired) electrons. The largest absolute Gasteiger partial charge is 0.394 e. The lowest BCUT2D eigenvalue weighted by atomic mass is 10.0. The van der Waals surface area contributed by atoms with Crippen LogP contribution in [0.2, 0.25) is 0 Å². The Balaban J connectivity index is 2.00. The number of amides is 5. The molecular formula is C24H31Cl2N5O7. The molecule has 2 saturated heterocycles. The predicted molar refractivity (Wildman–Crippen MR) is 137 cm³/mol. The lowest BCUT2D eigenvalue weighted by Gasteiger charge is -2.31. The molecular weight excluding hydrogens is 541 g/mol. The molecule has 0 spiro atoms. The Hall–Kier alpha value is -2.93. The van der Waals surface area contributed by atoms with Gasteiger partial charge in [0.1, 0.15) is 24.2 Å². The Labute approximate surface area is 229 Å². The first kappa shape index (κ1) is 29.6. The zero-order chi connectivity index (χ0) is 28.0. The van der Waals surface area contributed by atoms with Crippen molar-refractivity contribution in [2.24, 2.45) is 0 Å². The molecule has 38 heavy (non-hydrogen) atoms. The minimum absolute atomic E-state index is 0.122. The highest BCUT2D eigenvalue weighted by Gasteiger charge is 2.48. The number of hydrogen-bond acceptors (Lipinski definition) is 7. The van der Waals surface area contributed by atoms with E-state index in [1.165, 1.54) is 0 Å². The monoisotopic (exact) mass is 571 g/mol. The standard InChI is InChI=1S/C24H31Cl2N5O7/c1-2-14-21(35)30-16(10-32)22(36)29-15(12-6-4-3-5-7-12)8-18(34)27-17(11-33)24(38)31-9-13(25)19(26)20(31)23(37)28-14/h3-7,13-17,19-20,32-33H,2,8-11H2,1H3,(H,27,34)(H,28,37)(H,29,36)(H,30,35)/t13-,14-,15-,16+,17-,19-,20+/m1/s1. The van der Waals surface area contributed by atoms with E-state index in [-0.39, 0.29) is 19.4 Å². The highest BCUT2D eigenvalue weighted by atomic mass is 35.5. The predicted octanol–water partition coefficient (Wildman–Crippen LogP) is -1.48. The van der Waals surface area contributed by atoms with Crippen LogP contribution in [0.5, 0.6) is 0 Å². The van der Waals surface area contributed by atoms with Gasteiger partial charge in [0.15, 0.2) is 0 Å². The van der Waals surface area contributed by atoms with Crippen molar-refractivity contribution in [3.05, 3.63) is 35.9 Å². The van der Waals surface area contributed by atoms with Crippen molar-refractivity contribution in [3.63, 3.8) is 0 Å². The molecule has 0 bridgehead atoms. The maximum atomic E-state index is 13.3. The zero-order valence-corrected chi connectivity index (χ0v) is 22.1. The summed E-state index contributed by atoms with van der Waals surface area (Å²) in [5, 5.41) is 27.9. The number of nitrogens with one attached hydrogen (secondary N) is 4. The molecule has 7 atom stereocenters. The Morgan fingerprint density at radius 2 is 1.45 bits per heavy atom. The fraction of sp³-hybridized carbons (Fsp3) is 0.542. The third-order valence-corrected chi connectivity index (χ3v) is 7.57. The van der Waals surface area contributed by atoms with Gasteiger partial charge in [-0.05, 0) is 12.0 Å². The number of carbonyl (C=O) groups excluding carboxylic acids is 5. The number of hydrogen-bond donors (Lipinski definition) is 6. The van der Waals surface area contributed by atoms with Crippen molar-refractivity contribution in [2.45, 2.75) is 60.7 Å². The van der Waals surface area contributed by atoms with Crippen LogP contribution in [0.25, 0.3) is 0 Å². The van der Waals surface area contributed by atoms with Crippen molar-refractivity contribution in [1.82, 2.24) is 26.2 Å². The number of halogens is 2. The molecule has 0 aromatic heterocycles. The number of rotatable bonds is 4. The van der Waals surface area contributed by atoms with E-state index < -0.39 is 83.7 Å². The average Bonchev–Trinajstić information content (AvgIpc) is 3.21. The summed E-state index contributed by atoms with van der Waals surface area (Å²) in [7, 11) is 0. The second-order valence-electron chi connectivity index (χ2n) is 9.09. The molecule has 1 aromatic carbocycles. The fourth-order valence-electron chi connectivity index (χ4n) is 4.40. The summed E-state index contributed by atoms with van der Waals surface area (Å²) in [6, 6.07) is 2.42. The fourth-order valence-corrected chi connectivity index (χ4v) is 5.01. The Morgan fingerprint density at radius 1 is 0.842 bits per heavy atom. The van der Waals surface area contributed by atoms with Gasteiger partial charge in [0.25, 0.3) is 0 Å². The van der Waals surface area contributed by atoms with Crippen LogP contribution < -0.4 is 21.3 Å². The summed E-state index contributed by atoms with van der Waals surface area (Å²) in [6.45, 7) is -0.0217. The first-order valence-corrected chi connectivity index (χ1v) is 13.0. The van der Waals surface area contributed by atoms with E-state index in [0.717, 1.165) is 4.90 Å². The second-order valence-corrected chi connectivity index (χ2v) is 10.2. The molecule has 2 aliphatic heterocycles. The molecule has 0 unspecified atom stereocenters. The number of aliphatic hydroxyl groups is 2. The van der Waals surface area contributed by atoms with Crippen molar-refractivity contribution < 1.29 is 34.2 Å². The summed E-state index contributed by atoms with van der Waals surface area (Å²) in [5.74, 6) is -3.74. The third kappa shape index (κ3) is 6.73. The van der Waals surface area contributed by atoms with Crippen molar-refractivity contribution in [2.75, 3.05) is 19.8 Å². The molecule has 6 N–H and O–H groups in total. The van der Waals surface area contributed by atoms with Crippen molar-refractivity contribution in [3.8, 4) is 0 Å². The van der Waals surface area contributed by atoms with E-state index in [4.69, 9.17) is 23.2 Å². The highest BCUT2D eigenvalue weighted by molar-refractivity contribution is 6.32. The maximum absolute atomic E-state index is 13.3. The zero-order valence-electron chi connectivity index (χ0n) is 20.6. The van der Waals surface area contributed by atoms with Crippen LogP contribution in [-0.4, -0.2) is 99.3 Å². The Morgan fingerprint density at radius 3 is 2.05 bits per heavy atom. The summed E-state index contributed by atoms with van der Waals surface area (Å²) in [6.07, 6.45) is -0.208. The third-order valence-electron chi connectivity index (χ3n) is 6.49. The molecule has 2 aliphatic rings. The molecule has 2 heterocycles. The first-order chi connectivity index (χ1) is 18.1. The molecule has 1 aromatic rings. The van der Waals surface area contributed by atoms with E-state index in [2.05, 4.69) is 21.3 Å². The molecule has 14 heteroatoms. The number of fused-ring (bicyclic) bond motifs is 1. The van der Waals surface area contributed by atoms with Gasteiger partial charge < -0.3 is 36.4 Å². The summed E-state index contributed by atoms with van der Waals surface area (Å²) >= 11 is 12.6. The molecule has 3 rings (SSSR count). The second kappa shape index (κ2) is 13.2. The maximum Gasteiger partial charge on any atom is 0.248 e. The lowest BCUT2D eigenvalue weighted by molar-refractivity contribution is -0.143. The van der Waals surface area contributed by atoms with E-state index in [1.807, 2.05) is 0 Å². The van der Waals surface area contributed by atoms with Gasteiger partial charge >= 0.3 is 0 Å². The van der Waals surface area contributed by atoms with Crippen LogP contribution in [-0.2, 0) is 24.0 Å². The summed E-state index contributed by atoms with van der Waals surface area (Å²) < 4.78 is 0. The first-order valence-electron chi connectivity index (χ1n) is 12.2. The van der Waals surface area contributed by atoms with Gasteiger partial charge in [0.05, 0.1) is 36.4 Å². The van der Waals surface area contributed by atoms with E-state index in [9.17, 15) is 34.2 Å². The highest BCUT2D eigenvalue weighted by Crippen LogP contribution is 2.29. The van der Waals surface area contributed by atoms with Gasteiger partial charge in [0.2, 0.25) is 29.5 Å². The van der Waals surface area contributed by atoms with Crippen LogP contribution in [0, 0.1) is 0 Å². The number of alkyl halides is 2. The SMILES string of the molecule is CC[C@H]1NC(=O)[C@@H]2[C@H](Cl)[C@H](Cl)CN2C(=O)[C@@H](CO)NC(=O)C[C@H](c2ccccc2)NC(=O)[C@H](CO)NC1=O. The number of carbonyl (C=O) groups is 5. The van der Waals surface area contributed by atoms with E-state index >= 15 is 0 Å². The van der Waals surface area contributed by atoms with Gasteiger partial charge in [-0.3, -0.25) is 24.0 Å². The Kier molecular flexibility index (Phi) is 10.3. The molecule has 0 aliphatic carbocycles. The van der Waals surface area contributed by atoms with Crippen molar-refractivity contribution >= 4 is 52.7 Å². The van der Waals surface area contributed by atoms with Gasteiger partial charge in [-0.15, -0.1) is 23.2 Å². The number of benzene rings is 1. The average molecular weight is 572 g/mol. The minimum Gasteiger partial charge on any atom is -0.394 e. The number of nitrogens with zero attached hydrogens (tertiary/aromatic N) is 1. The minimum atomic E-state index is -1.42. The molecule has 5 amide bonds. The molecule has 2 fully saturated rings. The van der Waals surface area contributed by atoms with Gasteiger partial charge in [-0.1, -0.05) is 37.3 Å². The Bertz CT molecular complexity index is 1050. The summed E-state index contributed by atoms with van der Waals surface area (Å²) in [5.41, 5.74) is 0.556. The van der Waals surface area contributed by atoms with E-state index in [1.54, 1.807) is 37.3 Å². The smallest absolute Gasteiger partial charge is 0.248 e. The van der Waals surface area contributed by atoms with Gasteiger partial charge in [0, 0.05) is 6.54 Å². The molecule has 0 saturated carbocycles. The van der Waals surface area contributed by atoms with Crippen LogP contribution in [0.3, 0.4) is 0 Å². The van der Waals surface area contributed by atoms with Crippen LogP contribution >= 0.6 is 23.2 Å². The quantitative estimate of drug-likeness (QED) is 0.239. The topological polar surface area (TPSA) is 177 Å². The van der Waals surface area contributed by atoms with Crippen LogP contribution in [0.1, 0.15) is 31.4 Å². The summed E-state index contributed by atoms with van der Waals surface area (Å²) in [4.78, 5) is 66.5. The van der Waals surface area contributed by atoms with Crippen molar-refractivity contribution in [1.29, 1.82) is 0 Å². The van der Waals surface area contributed by atoms with E-state index in [0.29, 0.717) is 5.56 Å². The van der Waals surface area contributed by atoms with Crippen LogP contribution in [0.4, 0.5) is 0 Å². The number of aliphatic hydroxyl groups excluding tert-OH is 2. The lowest BCUT2D eigenvalue weighted by Crippen LogP contribution is -2.60. The molecule has 12 nitrogen and oxygen atoms in total. The van der Waals surface area contributed by atoms with Gasteiger partial charge in [-0.25, -0.2) is 0 Å². The van der Waals surface area contributed by atoms with Gasteiger partial charge in [-0.2, -0.15) is 0 Å². The van der Waals surface area contributed by atoms with Crippen LogP contribution in [0.15, 0.2) is 30.3 Å².